The number of nitrogens with two attached hydrogens (primary N) is 1. The minimum Gasteiger partial charge on any atom is -0.497 e. The number of halogens is 3. The molecule has 0 radical (unpaired) electrons. The Balaban J connectivity index is 2.50. The molecule has 2 aromatic rings. The van der Waals surface area contributed by atoms with Crippen LogP contribution in [0.5, 0.6) is 5.75 Å². The maximum Gasteiger partial charge on any atom is 0.416 e. The lowest BCUT2D eigenvalue weighted by Gasteiger charge is -2.18. The standard InChI is InChI=1S/C13H12F3NOS/c1-18-8-4-5-9(10(7-8)13(14,15)16)12(17)11-3-2-6-19-11/h2-7,12H,17H2,1H3/t12-/m1/s1. The summed E-state index contributed by atoms with van der Waals surface area (Å²) in [5.74, 6) is 0.162. The second kappa shape index (κ2) is 5.22. The molecule has 0 aliphatic carbocycles. The summed E-state index contributed by atoms with van der Waals surface area (Å²) in [6.07, 6.45) is -4.46. The highest BCUT2D eigenvalue weighted by atomic mass is 32.1. The number of thiophene rings is 1. The van der Waals surface area contributed by atoms with Gasteiger partial charge < -0.3 is 10.5 Å². The Kier molecular flexibility index (Phi) is 3.82. The second-order valence-corrected chi connectivity index (χ2v) is 4.92. The Morgan fingerprint density at radius 3 is 2.53 bits per heavy atom. The molecule has 1 heterocycles. The van der Waals surface area contributed by atoms with E-state index in [9.17, 15) is 13.2 Å². The fraction of sp³-hybridized carbons (Fsp3) is 0.231. The lowest BCUT2D eigenvalue weighted by molar-refractivity contribution is -0.138. The molecule has 0 fully saturated rings. The van der Waals surface area contributed by atoms with E-state index in [-0.39, 0.29) is 11.3 Å². The Hall–Kier alpha value is -1.53. The lowest BCUT2D eigenvalue weighted by atomic mass is 9.99. The number of alkyl halides is 3. The van der Waals surface area contributed by atoms with Gasteiger partial charge in [0, 0.05) is 4.88 Å². The van der Waals surface area contributed by atoms with Gasteiger partial charge in [0.2, 0.25) is 0 Å². The van der Waals surface area contributed by atoms with E-state index in [0.717, 1.165) is 6.07 Å². The zero-order chi connectivity index (χ0) is 14.0. The third kappa shape index (κ3) is 2.90. The van der Waals surface area contributed by atoms with Gasteiger partial charge in [-0.3, -0.25) is 0 Å². The summed E-state index contributed by atoms with van der Waals surface area (Å²) < 4.78 is 44.0. The summed E-state index contributed by atoms with van der Waals surface area (Å²) in [5.41, 5.74) is 5.21. The zero-order valence-corrected chi connectivity index (χ0v) is 10.9. The van der Waals surface area contributed by atoms with Crippen molar-refractivity contribution in [1.29, 1.82) is 0 Å². The molecule has 0 unspecified atom stereocenters. The molecule has 1 aromatic heterocycles. The lowest BCUT2D eigenvalue weighted by Crippen LogP contribution is -2.17. The molecule has 0 amide bonds. The third-order valence-corrected chi connectivity index (χ3v) is 3.71. The quantitative estimate of drug-likeness (QED) is 0.931. The van der Waals surface area contributed by atoms with E-state index in [1.54, 1.807) is 17.5 Å². The summed E-state index contributed by atoms with van der Waals surface area (Å²) in [5, 5.41) is 1.78. The Labute approximate surface area is 112 Å². The summed E-state index contributed by atoms with van der Waals surface area (Å²) in [4.78, 5) is 0.690. The van der Waals surface area contributed by atoms with Gasteiger partial charge in [-0.15, -0.1) is 11.3 Å². The molecule has 0 bridgehead atoms. The highest BCUT2D eigenvalue weighted by Gasteiger charge is 2.35. The predicted octanol–water partition coefficient (Wildman–Crippen LogP) is 3.82. The fourth-order valence-electron chi connectivity index (χ4n) is 1.80. The maximum atomic E-state index is 13.1. The van der Waals surface area contributed by atoms with Crippen molar-refractivity contribution in [3.8, 4) is 5.75 Å². The smallest absolute Gasteiger partial charge is 0.416 e. The first-order valence-electron chi connectivity index (χ1n) is 5.47. The molecule has 0 aliphatic heterocycles. The average Bonchev–Trinajstić information content (AvgIpc) is 2.90. The Morgan fingerprint density at radius 2 is 2.00 bits per heavy atom. The van der Waals surface area contributed by atoms with Crippen LogP contribution < -0.4 is 10.5 Å². The first-order valence-corrected chi connectivity index (χ1v) is 6.35. The fourth-order valence-corrected chi connectivity index (χ4v) is 2.55. The molecule has 2 N–H and O–H groups in total. The summed E-state index contributed by atoms with van der Waals surface area (Å²) in [7, 11) is 1.33. The van der Waals surface area contributed by atoms with Gasteiger partial charge in [-0.1, -0.05) is 12.1 Å². The van der Waals surface area contributed by atoms with Crippen molar-refractivity contribution >= 4 is 11.3 Å². The minimum atomic E-state index is -4.46. The van der Waals surface area contributed by atoms with Crippen LogP contribution >= 0.6 is 11.3 Å². The number of benzene rings is 1. The molecule has 2 nitrogen and oxygen atoms in total. The van der Waals surface area contributed by atoms with Crippen molar-refractivity contribution in [1.82, 2.24) is 0 Å². The van der Waals surface area contributed by atoms with E-state index < -0.39 is 17.8 Å². The van der Waals surface area contributed by atoms with Crippen LogP contribution in [0.1, 0.15) is 22.0 Å². The summed E-state index contributed by atoms with van der Waals surface area (Å²) in [6.45, 7) is 0. The predicted molar refractivity (Wildman–Crippen MR) is 68.3 cm³/mol. The number of ether oxygens (including phenoxy) is 1. The average molecular weight is 287 g/mol. The van der Waals surface area contributed by atoms with Crippen molar-refractivity contribution in [2.24, 2.45) is 5.73 Å². The van der Waals surface area contributed by atoms with Gasteiger partial charge >= 0.3 is 6.18 Å². The van der Waals surface area contributed by atoms with E-state index in [1.807, 2.05) is 0 Å². The van der Waals surface area contributed by atoms with Crippen LogP contribution in [0.3, 0.4) is 0 Å². The van der Waals surface area contributed by atoms with Crippen LogP contribution in [0.4, 0.5) is 13.2 Å². The van der Waals surface area contributed by atoms with Gasteiger partial charge in [0.1, 0.15) is 5.75 Å². The third-order valence-electron chi connectivity index (χ3n) is 2.75. The molecule has 2 rings (SSSR count). The molecule has 102 valence electrons. The molecule has 0 aliphatic rings. The van der Waals surface area contributed by atoms with Crippen LogP contribution in [0.25, 0.3) is 0 Å². The zero-order valence-electron chi connectivity index (χ0n) is 10.1. The van der Waals surface area contributed by atoms with Crippen molar-refractivity contribution in [3.05, 3.63) is 51.7 Å². The molecule has 1 aromatic carbocycles. The van der Waals surface area contributed by atoms with Crippen molar-refractivity contribution < 1.29 is 17.9 Å². The summed E-state index contributed by atoms with van der Waals surface area (Å²) in [6, 6.07) is 6.52. The highest BCUT2D eigenvalue weighted by molar-refractivity contribution is 7.10. The van der Waals surface area contributed by atoms with Crippen molar-refractivity contribution in [2.45, 2.75) is 12.2 Å². The van der Waals surface area contributed by atoms with Crippen molar-refractivity contribution in [3.63, 3.8) is 0 Å². The van der Waals surface area contributed by atoms with Crippen LogP contribution in [0, 0.1) is 0 Å². The Morgan fingerprint density at radius 1 is 1.26 bits per heavy atom. The molecule has 6 heteroatoms. The molecule has 0 spiro atoms. The van der Waals surface area contributed by atoms with Gasteiger partial charge in [0.25, 0.3) is 0 Å². The first-order chi connectivity index (χ1) is 8.93. The second-order valence-electron chi connectivity index (χ2n) is 3.94. The van der Waals surface area contributed by atoms with Gasteiger partial charge in [-0.25, -0.2) is 0 Å². The molecule has 0 saturated carbocycles. The largest absolute Gasteiger partial charge is 0.497 e. The molecular weight excluding hydrogens is 275 g/mol. The van der Waals surface area contributed by atoms with Crippen molar-refractivity contribution in [2.75, 3.05) is 7.11 Å². The molecule has 0 saturated heterocycles. The van der Waals surface area contributed by atoms with E-state index in [1.165, 1.54) is 30.6 Å². The highest BCUT2D eigenvalue weighted by Crippen LogP contribution is 2.38. The van der Waals surface area contributed by atoms with Crippen LogP contribution in [0.15, 0.2) is 35.7 Å². The minimum absolute atomic E-state index is 0.0516. The van der Waals surface area contributed by atoms with E-state index in [4.69, 9.17) is 10.5 Å². The molecule has 1 atom stereocenters. The number of hydrogen-bond acceptors (Lipinski definition) is 3. The van der Waals surface area contributed by atoms with Gasteiger partial charge in [-0.05, 0) is 29.1 Å². The Bertz CT molecular complexity index is 552. The van der Waals surface area contributed by atoms with Crippen LogP contribution in [0.2, 0.25) is 0 Å². The van der Waals surface area contributed by atoms with Crippen LogP contribution in [-0.2, 0) is 6.18 Å². The van der Waals surface area contributed by atoms with E-state index in [0.29, 0.717) is 4.88 Å². The normalized spacial score (nSPS) is 13.3. The summed E-state index contributed by atoms with van der Waals surface area (Å²) >= 11 is 1.33. The first kappa shape index (κ1) is 13.9. The number of rotatable bonds is 3. The topological polar surface area (TPSA) is 35.2 Å². The van der Waals surface area contributed by atoms with Gasteiger partial charge in [0.15, 0.2) is 0 Å². The maximum absolute atomic E-state index is 13.1. The molecular formula is C13H12F3NOS. The monoisotopic (exact) mass is 287 g/mol. The SMILES string of the molecule is COc1ccc([C@@H](N)c2cccs2)c(C(F)(F)F)c1. The number of methoxy groups -OCH3 is 1. The van der Waals surface area contributed by atoms with Gasteiger partial charge in [-0.2, -0.15) is 13.2 Å². The van der Waals surface area contributed by atoms with Crippen LogP contribution in [-0.4, -0.2) is 7.11 Å². The van der Waals surface area contributed by atoms with E-state index >= 15 is 0 Å². The van der Waals surface area contributed by atoms with E-state index in [2.05, 4.69) is 0 Å². The van der Waals surface area contributed by atoms with Gasteiger partial charge in [0.05, 0.1) is 18.7 Å². The molecule has 19 heavy (non-hydrogen) atoms. The number of hydrogen-bond donors (Lipinski definition) is 1.